The predicted molar refractivity (Wildman–Crippen MR) is 74.0 cm³/mol. The number of hydrogen-bond donors (Lipinski definition) is 0. The molecule has 1 atom stereocenters. The van der Waals surface area contributed by atoms with Crippen LogP contribution in [-0.2, 0) is 15.8 Å². The number of nitrogens with zero attached hydrogens (tertiary/aromatic N) is 1. The second-order valence-electron chi connectivity index (χ2n) is 5.06. The Labute approximate surface area is 118 Å². The summed E-state index contributed by atoms with van der Waals surface area (Å²) in [5, 5.41) is 0.161. The van der Waals surface area contributed by atoms with Crippen LogP contribution in [0, 0.1) is 11.7 Å². The molecule has 1 fully saturated rings. The minimum atomic E-state index is -3.51. The van der Waals surface area contributed by atoms with Gasteiger partial charge in [-0.2, -0.15) is 0 Å². The third-order valence-electron chi connectivity index (χ3n) is 3.40. The van der Waals surface area contributed by atoms with E-state index in [-0.39, 0.29) is 16.3 Å². The fourth-order valence-corrected chi connectivity index (χ4v) is 4.38. The van der Waals surface area contributed by atoms with Crippen LogP contribution in [0.4, 0.5) is 4.39 Å². The maximum absolute atomic E-state index is 13.7. The summed E-state index contributed by atoms with van der Waals surface area (Å²) in [6.45, 7) is 3.05. The molecule has 1 saturated heterocycles. The number of sulfonamides is 1. The largest absolute Gasteiger partial charge is 0.218 e. The molecule has 19 heavy (non-hydrogen) atoms. The van der Waals surface area contributed by atoms with Gasteiger partial charge in [-0.3, -0.25) is 0 Å². The summed E-state index contributed by atoms with van der Waals surface area (Å²) in [6, 6.07) is 4.21. The summed E-state index contributed by atoms with van der Waals surface area (Å²) in [5.41, 5.74) is 0.0578. The molecule has 1 aromatic rings. The van der Waals surface area contributed by atoms with Gasteiger partial charge in [0.2, 0.25) is 10.0 Å². The van der Waals surface area contributed by atoms with Crippen molar-refractivity contribution in [3.8, 4) is 0 Å². The average molecular weight is 306 g/mol. The van der Waals surface area contributed by atoms with Gasteiger partial charge in [0.05, 0.1) is 5.75 Å². The molecule has 2 rings (SSSR count). The first-order valence-electron chi connectivity index (χ1n) is 6.31. The maximum atomic E-state index is 13.7. The van der Waals surface area contributed by atoms with Gasteiger partial charge in [0.25, 0.3) is 0 Å². The van der Waals surface area contributed by atoms with Crippen LogP contribution < -0.4 is 0 Å². The first kappa shape index (κ1) is 14.8. The first-order valence-corrected chi connectivity index (χ1v) is 8.29. The van der Waals surface area contributed by atoms with Crippen LogP contribution >= 0.6 is 11.6 Å². The van der Waals surface area contributed by atoms with Gasteiger partial charge >= 0.3 is 0 Å². The van der Waals surface area contributed by atoms with Gasteiger partial charge in [0, 0.05) is 23.7 Å². The Morgan fingerprint density at radius 1 is 1.47 bits per heavy atom. The molecule has 0 amide bonds. The highest BCUT2D eigenvalue weighted by atomic mass is 35.5. The molecule has 106 valence electrons. The normalized spacial score (nSPS) is 21.5. The molecular formula is C13H17ClFNO2S. The van der Waals surface area contributed by atoms with E-state index in [1.807, 2.05) is 6.92 Å². The number of rotatable bonds is 3. The molecule has 0 aliphatic carbocycles. The van der Waals surface area contributed by atoms with Crippen LogP contribution in [0.5, 0.6) is 0 Å². The van der Waals surface area contributed by atoms with E-state index in [4.69, 9.17) is 11.6 Å². The van der Waals surface area contributed by atoms with E-state index in [1.54, 1.807) is 0 Å². The molecule has 0 bridgehead atoms. The van der Waals surface area contributed by atoms with Crippen LogP contribution in [0.3, 0.4) is 0 Å². The van der Waals surface area contributed by atoms with Crippen molar-refractivity contribution in [2.75, 3.05) is 13.1 Å². The van der Waals surface area contributed by atoms with Crippen molar-refractivity contribution < 1.29 is 12.8 Å². The molecule has 1 heterocycles. The third-order valence-corrected chi connectivity index (χ3v) is 5.53. The molecule has 0 radical (unpaired) electrons. The maximum Gasteiger partial charge on any atom is 0.218 e. The molecular weight excluding hydrogens is 289 g/mol. The number of hydrogen-bond acceptors (Lipinski definition) is 2. The Hall–Kier alpha value is -0.650. The Morgan fingerprint density at radius 3 is 2.84 bits per heavy atom. The van der Waals surface area contributed by atoms with E-state index in [0.29, 0.717) is 19.0 Å². The molecule has 0 unspecified atom stereocenters. The topological polar surface area (TPSA) is 37.4 Å². The van der Waals surface area contributed by atoms with E-state index >= 15 is 0 Å². The van der Waals surface area contributed by atoms with Crippen molar-refractivity contribution in [3.63, 3.8) is 0 Å². The molecule has 0 saturated carbocycles. The van der Waals surface area contributed by atoms with Crippen LogP contribution in [0.2, 0.25) is 5.02 Å². The fourth-order valence-electron chi connectivity index (χ4n) is 2.34. The second kappa shape index (κ2) is 5.77. The molecule has 0 aromatic heterocycles. The molecule has 3 nitrogen and oxygen atoms in total. The van der Waals surface area contributed by atoms with Crippen LogP contribution in [0.15, 0.2) is 18.2 Å². The van der Waals surface area contributed by atoms with Gasteiger partial charge in [-0.1, -0.05) is 24.6 Å². The van der Waals surface area contributed by atoms with Gasteiger partial charge in [-0.15, -0.1) is 0 Å². The molecule has 0 N–H and O–H groups in total. The standard InChI is InChI=1S/C13H17ClFNO2S/c1-10-4-3-7-16(8-10)19(17,18)9-11-12(14)5-2-6-13(11)15/h2,5-6,10H,3-4,7-9H2,1H3/t10-/m0/s1. The lowest BCUT2D eigenvalue weighted by Gasteiger charge is -2.30. The van der Waals surface area contributed by atoms with Crippen molar-refractivity contribution in [1.29, 1.82) is 0 Å². The Kier molecular flexibility index (Phi) is 4.48. The minimum Gasteiger partial charge on any atom is -0.212 e. The van der Waals surface area contributed by atoms with E-state index < -0.39 is 15.8 Å². The SMILES string of the molecule is C[C@H]1CCCN(S(=O)(=O)Cc2c(F)cccc2Cl)C1. The van der Waals surface area contributed by atoms with Gasteiger partial charge in [0.1, 0.15) is 5.82 Å². The lowest BCUT2D eigenvalue weighted by atomic mass is 10.0. The average Bonchev–Trinajstić information content (AvgIpc) is 2.34. The quantitative estimate of drug-likeness (QED) is 0.861. The van der Waals surface area contributed by atoms with Crippen molar-refractivity contribution in [2.45, 2.75) is 25.5 Å². The highest BCUT2D eigenvalue weighted by Gasteiger charge is 2.28. The zero-order chi connectivity index (χ0) is 14.0. The Morgan fingerprint density at radius 2 is 2.21 bits per heavy atom. The van der Waals surface area contributed by atoms with Crippen LogP contribution in [-0.4, -0.2) is 25.8 Å². The van der Waals surface area contributed by atoms with Crippen molar-refractivity contribution in [2.24, 2.45) is 5.92 Å². The highest BCUT2D eigenvalue weighted by molar-refractivity contribution is 7.88. The molecule has 6 heteroatoms. The summed E-state index contributed by atoms with van der Waals surface area (Å²) in [6.07, 6.45) is 1.89. The molecule has 1 aliphatic heterocycles. The summed E-state index contributed by atoms with van der Waals surface area (Å²) < 4.78 is 39.7. The van der Waals surface area contributed by atoms with Crippen LogP contribution in [0.1, 0.15) is 25.3 Å². The summed E-state index contributed by atoms with van der Waals surface area (Å²) in [5.74, 6) is -0.591. The van der Waals surface area contributed by atoms with Gasteiger partial charge in [0.15, 0.2) is 0 Å². The van der Waals surface area contributed by atoms with Gasteiger partial charge < -0.3 is 0 Å². The van der Waals surface area contributed by atoms with Crippen molar-refractivity contribution >= 4 is 21.6 Å². The summed E-state index contributed by atoms with van der Waals surface area (Å²) in [4.78, 5) is 0. The van der Waals surface area contributed by atoms with Crippen molar-refractivity contribution in [3.05, 3.63) is 34.6 Å². The van der Waals surface area contributed by atoms with E-state index in [2.05, 4.69) is 0 Å². The monoisotopic (exact) mass is 305 g/mol. The number of halogens is 2. The Bertz CT molecular complexity index is 542. The number of piperidine rings is 1. The fraction of sp³-hybridized carbons (Fsp3) is 0.538. The molecule has 0 spiro atoms. The minimum absolute atomic E-state index is 0.0578. The summed E-state index contributed by atoms with van der Waals surface area (Å²) >= 11 is 5.88. The molecule has 1 aromatic carbocycles. The predicted octanol–water partition coefficient (Wildman–Crippen LogP) is 3.04. The zero-order valence-corrected chi connectivity index (χ0v) is 12.3. The van der Waals surface area contributed by atoms with E-state index in [9.17, 15) is 12.8 Å². The smallest absolute Gasteiger partial charge is 0.212 e. The first-order chi connectivity index (χ1) is 8.90. The summed E-state index contributed by atoms with van der Waals surface area (Å²) in [7, 11) is -3.51. The van der Waals surface area contributed by atoms with Gasteiger partial charge in [-0.25, -0.2) is 17.1 Å². The molecule has 1 aliphatic rings. The Balaban J connectivity index is 2.21. The second-order valence-corrected chi connectivity index (χ2v) is 7.44. The number of benzene rings is 1. The lowest BCUT2D eigenvalue weighted by molar-refractivity contribution is 0.281. The third kappa shape index (κ3) is 3.46. The van der Waals surface area contributed by atoms with Gasteiger partial charge in [-0.05, 0) is 30.9 Å². The lowest BCUT2D eigenvalue weighted by Crippen LogP contribution is -2.39. The zero-order valence-electron chi connectivity index (χ0n) is 10.8. The highest BCUT2D eigenvalue weighted by Crippen LogP contribution is 2.25. The van der Waals surface area contributed by atoms with E-state index in [1.165, 1.54) is 22.5 Å². The van der Waals surface area contributed by atoms with E-state index in [0.717, 1.165) is 12.8 Å². The van der Waals surface area contributed by atoms with Crippen molar-refractivity contribution in [1.82, 2.24) is 4.31 Å². The van der Waals surface area contributed by atoms with Crippen LogP contribution in [0.25, 0.3) is 0 Å².